The standard InChI is InChI=1S/C21H26N2O5S/c1-3-28-20-9-7-8-16(21(20)24)15-22-18-14-17(10-11-19(18)27-2)29(25,26)23-12-5-4-6-13-23/h7-11,14-15,24H,3-6,12-13H2,1-2H3. The molecule has 1 heterocycles. The lowest BCUT2D eigenvalue weighted by molar-refractivity contribution is 0.318. The molecule has 0 aromatic heterocycles. The molecule has 1 aliphatic heterocycles. The van der Waals surface area contributed by atoms with E-state index in [0.717, 1.165) is 19.3 Å². The molecule has 0 atom stereocenters. The number of phenols is 1. The summed E-state index contributed by atoms with van der Waals surface area (Å²) >= 11 is 0. The predicted octanol–water partition coefficient (Wildman–Crippen LogP) is 3.72. The number of hydrogen-bond donors (Lipinski definition) is 1. The van der Waals surface area contributed by atoms with Crippen molar-refractivity contribution in [3.63, 3.8) is 0 Å². The van der Waals surface area contributed by atoms with Gasteiger partial charge in [-0.3, -0.25) is 4.99 Å². The van der Waals surface area contributed by atoms with Crippen molar-refractivity contribution in [2.45, 2.75) is 31.1 Å². The van der Waals surface area contributed by atoms with E-state index < -0.39 is 10.0 Å². The minimum Gasteiger partial charge on any atom is -0.504 e. The lowest BCUT2D eigenvalue weighted by Gasteiger charge is -2.26. The summed E-state index contributed by atoms with van der Waals surface area (Å²) in [6.45, 7) is 3.33. The average Bonchev–Trinajstić information content (AvgIpc) is 2.75. The van der Waals surface area contributed by atoms with E-state index in [4.69, 9.17) is 9.47 Å². The molecule has 0 saturated carbocycles. The third kappa shape index (κ3) is 4.71. The molecule has 29 heavy (non-hydrogen) atoms. The molecule has 1 fully saturated rings. The van der Waals surface area contributed by atoms with Crippen LogP contribution < -0.4 is 9.47 Å². The zero-order valence-corrected chi connectivity index (χ0v) is 17.5. The maximum absolute atomic E-state index is 13.0. The SMILES string of the molecule is CCOc1cccc(C=Nc2cc(S(=O)(=O)N3CCCCC3)ccc2OC)c1O. The Hall–Kier alpha value is -2.58. The van der Waals surface area contributed by atoms with Gasteiger partial charge in [0.25, 0.3) is 0 Å². The van der Waals surface area contributed by atoms with Crippen LogP contribution in [0.2, 0.25) is 0 Å². The van der Waals surface area contributed by atoms with Crippen molar-refractivity contribution < 1.29 is 23.0 Å². The first-order valence-electron chi connectivity index (χ1n) is 9.64. The smallest absolute Gasteiger partial charge is 0.243 e. The van der Waals surface area contributed by atoms with Crippen LogP contribution in [-0.2, 0) is 10.0 Å². The Bertz CT molecular complexity index is 983. The number of aromatic hydroxyl groups is 1. The fourth-order valence-corrected chi connectivity index (χ4v) is 4.78. The summed E-state index contributed by atoms with van der Waals surface area (Å²) in [4.78, 5) is 4.56. The zero-order valence-electron chi connectivity index (χ0n) is 16.7. The van der Waals surface area contributed by atoms with Crippen LogP contribution >= 0.6 is 0 Å². The van der Waals surface area contributed by atoms with Crippen LogP contribution in [0.25, 0.3) is 0 Å². The van der Waals surface area contributed by atoms with Gasteiger partial charge >= 0.3 is 0 Å². The molecule has 0 amide bonds. The molecule has 8 heteroatoms. The second kappa shape index (κ2) is 9.28. The maximum Gasteiger partial charge on any atom is 0.243 e. The number of benzene rings is 2. The van der Waals surface area contributed by atoms with E-state index in [-0.39, 0.29) is 10.6 Å². The molecular weight excluding hydrogens is 392 g/mol. The van der Waals surface area contributed by atoms with E-state index in [1.165, 1.54) is 29.8 Å². The summed E-state index contributed by atoms with van der Waals surface area (Å²) in [5.41, 5.74) is 0.828. The largest absolute Gasteiger partial charge is 0.504 e. The summed E-state index contributed by atoms with van der Waals surface area (Å²) in [7, 11) is -2.08. The van der Waals surface area contributed by atoms with Gasteiger partial charge in [-0.1, -0.05) is 12.5 Å². The highest BCUT2D eigenvalue weighted by Gasteiger charge is 2.26. The van der Waals surface area contributed by atoms with Gasteiger partial charge in [0.1, 0.15) is 11.4 Å². The number of aliphatic imine (C=N–C) groups is 1. The maximum atomic E-state index is 13.0. The molecule has 0 unspecified atom stereocenters. The first kappa shape index (κ1) is 21.1. The Balaban J connectivity index is 1.94. The third-order valence-electron chi connectivity index (χ3n) is 4.78. The number of para-hydroxylation sites is 1. The van der Waals surface area contributed by atoms with Crippen molar-refractivity contribution in [3.8, 4) is 17.2 Å². The first-order chi connectivity index (χ1) is 14.0. The fraction of sp³-hybridized carbons (Fsp3) is 0.381. The van der Waals surface area contributed by atoms with E-state index in [1.807, 2.05) is 6.92 Å². The highest BCUT2D eigenvalue weighted by atomic mass is 32.2. The van der Waals surface area contributed by atoms with E-state index in [1.54, 1.807) is 24.3 Å². The highest BCUT2D eigenvalue weighted by molar-refractivity contribution is 7.89. The summed E-state index contributed by atoms with van der Waals surface area (Å²) in [6, 6.07) is 9.75. The van der Waals surface area contributed by atoms with E-state index >= 15 is 0 Å². The Morgan fingerprint density at radius 1 is 1.14 bits per heavy atom. The minimum absolute atomic E-state index is 0.0193. The van der Waals surface area contributed by atoms with Crippen LogP contribution in [0.5, 0.6) is 17.2 Å². The number of methoxy groups -OCH3 is 1. The van der Waals surface area contributed by atoms with Gasteiger partial charge in [-0.05, 0) is 50.1 Å². The van der Waals surface area contributed by atoms with Crippen LogP contribution in [-0.4, -0.2) is 50.9 Å². The quantitative estimate of drug-likeness (QED) is 0.692. The monoisotopic (exact) mass is 418 g/mol. The predicted molar refractivity (Wildman–Crippen MR) is 112 cm³/mol. The van der Waals surface area contributed by atoms with Crippen molar-refractivity contribution in [2.24, 2.45) is 4.99 Å². The number of nitrogens with zero attached hydrogens (tertiary/aromatic N) is 2. The Morgan fingerprint density at radius 3 is 2.59 bits per heavy atom. The minimum atomic E-state index is -3.58. The van der Waals surface area contributed by atoms with E-state index in [0.29, 0.717) is 42.4 Å². The number of rotatable bonds is 7. The van der Waals surface area contributed by atoms with Crippen molar-refractivity contribution in [3.05, 3.63) is 42.0 Å². The lowest BCUT2D eigenvalue weighted by atomic mass is 10.2. The molecule has 1 aliphatic rings. The number of piperidine rings is 1. The number of sulfonamides is 1. The van der Waals surface area contributed by atoms with E-state index in [2.05, 4.69) is 4.99 Å². The van der Waals surface area contributed by atoms with Crippen LogP contribution in [0.15, 0.2) is 46.3 Å². The third-order valence-corrected chi connectivity index (χ3v) is 6.67. The van der Waals surface area contributed by atoms with Gasteiger partial charge in [0.15, 0.2) is 11.5 Å². The molecule has 1 saturated heterocycles. The second-order valence-electron chi connectivity index (χ2n) is 6.68. The van der Waals surface area contributed by atoms with Crippen LogP contribution in [0.3, 0.4) is 0 Å². The van der Waals surface area contributed by atoms with Gasteiger partial charge in [0.05, 0.1) is 18.6 Å². The molecule has 3 rings (SSSR count). The number of phenolic OH excluding ortho intramolecular Hbond substituents is 1. The molecule has 7 nitrogen and oxygen atoms in total. The Morgan fingerprint density at radius 2 is 1.90 bits per heavy atom. The number of hydrogen-bond acceptors (Lipinski definition) is 6. The topological polar surface area (TPSA) is 88.4 Å². The average molecular weight is 419 g/mol. The van der Waals surface area contributed by atoms with Crippen molar-refractivity contribution >= 4 is 21.9 Å². The molecule has 1 N–H and O–H groups in total. The zero-order chi connectivity index (χ0) is 20.9. The summed E-state index contributed by atoms with van der Waals surface area (Å²) in [5, 5.41) is 10.3. The van der Waals surface area contributed by atoms with Crippen LogP contribution in [0, 0.1) is 0 Å². The van der Waals surface area contributed by atoms with Gasteiger partial charge in [0.2, 0.25) is 10.0 Å². The second-order valence-corrected chi connectivity index (χ2v) is 8.62. The Kier molecular flexibility index (Phi) is 6.76. The number of ether oxygens (including phenoxy) is 2. The van der Waals surface area contributed by atoms with Crippen molar-refractivity contribution in [1.82, 2.24) is 4.31 Å². The summed E-state index contributed by atoms with van der Waals surface area (Å²) in [5.74, 6) is 0.790. The molecule has 156 valence electrons. The summed E-state index contributed by atoms with van der Waals surface area (Å²) in [6.07, 6.45) is 4.26. The van der Waals surface area contributed by atoms with Gasteiger partial charge in [-0.2, -0.15) is 4.31 Å². The van der Waals surface area contributed by atoms with Crippen molar-refractivity contribution in [1.29, 1.82) is 0 Å². The highest BCUT2D eigenvalue weighted by Crippen LogP contribution is 2.33. The van der Waals surface area contributed by atoms with Gasteiger partial charge in [-0.15, -0.1) is 0 Å². The molecule has 2 aromatic carbocycles. The molecular formula is C21H26N2O5S. The fourth-order valence-electron chi connectivity index (χ4n) is 3.24. The molecule has 0 bridgehead atoms. The van der Waals surface area contributed by atoms with Crippen molar-refractivity contribution in [2.75, 3.05) is 26.8 Å². The van der Waals surface area contributed by atoms with Gasteiger partial charge < -0.3 is 14.6 Å². The molecule has 0 aliphatic carbocycles. The summed E-state index contributed by atoms with van der Waals surface area (Å²) < 4.78 is 38.2. The first-order valence-corrected chi connectivity index (χ1v) is 11.1. The normalized spacial score (nSPS) is 15.5. The van der Waals surface area contributed by atoms with Gasteiger partial charge in [-0.25, -0.2) is 8.42 Å². The molecule has 0 radical (unpaired) electrons. The molecule has 0 spiro atoms. The Labute approximate surface area is 171 Å². The lowest BCUT2D eigenvalue weighted by Crippen LogP contribution is -2.35. The van der Waals surface area contributed by atoms with Crippen LogP contribution in [0.4, 0.5) is 5.69 Å². The van der Waals surface area contributed by atoms with Crippen LogP contribution in [0.1, 0.15) is 31.7 Å². The molecule has 2 aromatic rings. The van der Waals surface area contributed by atoms with E-state index in [9.17, 15) is 13.5 Å². The van der Waals surface area contributed by atoms with Gasteiger partial charge in [0, 0.05) is 24.9 Å².